The Kier molecular flexibility index (Phi) is 3.80. The monoisotopic (exact) mass is 283 g/mol. The van der Waals surface area contributed by atoms with Crippen molar-refractivity contribution in [3.05, 3.63) is 59.4 Å². The van der Waals surface area contributed by atoms with Gasteiger partial charge in [-0.05, 0) is 49.2 Å². The minimum absolute atomic E-state index is 0.371. The zero-order chi connectivity index (χ0) is 14.8. The third kappa shape index (κ3) is 2.85. The first-order chi connectivity index (χ1) is 10.1. The number of likely N-dealkylation sites (tertiary alicyclic amines) is 1. The van der Waals surface area contributed by atoms with Crippen molar-refractivity contribution in [2.24, 2.45) is 12.8 Å². The van der Waals surface area contributed by atoms with Crippen molar-refractivity contribution in [3.63, 3.8) is 0 Å². The average molecular weight is 283 g/mol. The molecule has 1 amide bonds. The highest BCUT2D eigenvalue weighted by Crippen LogP contribution is 2.33. The summed E-state index contributed by atoms with van der Waals surface area (Å²) in [6.07, 6.45) is 4.54. The molecule has 2 aromatic rings. The molecule has 0 radical (unpaired) electrons. The van der Waals surface area contributed by atoms with E-state index in [0.29, 0.717) is 11.6 Å². The largest absolute Gasteiger partial charge is 0.366 e. The minimum atomic E-state index is -0.371. The topological polar surface area (TPSA) is 51.3 Å². The first-order valence-electron chi connectivity index (χ1n) is 7.39. The Hall–Kier alpha value is -2.07. The first-order valence-corrected chi connectivity index (χ1v) is 7.39. The number of aryl methyl sites for hydroxylation is 1. The summed E-state index contributed by atoms with van der Waals surface area (Å²) in [6, 6.07) is 12.4. The number of carbonyl (C=O) groups excluding carboxylic acids is 1. The van der Waals surface area contributed by atoms with Gasteiger partial charge in [-0.1, -0.05) is 12.1 Å². The van der Waals surface area contributed by atoms with Gasteiger partial charge in [0, 0.05) is 31.0 Å². The van der Waals surface area contributed by atoms with Gasteiger partial charge in [-0.3, -0.25) is 9.69 Å². The highest BCUT2D eigenvalue weighted by atomic mass is 16.1. The molecule has 0 spiro atoms. The summed E-state index contributed by atoms with van der Waals surface area (Å²) in [4.78, 5) is 13.6. The molecule has 21 heavy (non-hydrogen) atoms. The predicted octanol–water partition coefficient (Wildman–Crippen LogP) is 2.46. The summed E-state index contributed by atoms with van der Waals surface area (Å²) in [6.45, 7) is 2.03. The van der Waals surface area contributed by atoms with Crippen LogP contribution in [0.25, 0.3) is 0 Å². The number of primary amides is 1. The fourth-order valence-electron chi connectivity index (χ4n) is 3.18. The molecule has 0 saturated carbocycles. The van der Waals surface area contributed by atoms with E-state index in [1.54, 1.807) is 0 Å². The molecule has 1 aromatic carbocycles. The van der Waals surface area contributed by atoms with Crippen molar-refractivity contribution in [1.29, 1.82) is 0 Å². The van der Waals surface area contributed by atoms with E-state index in [-0.39, 0.29) is 5.91 Å². The van der Waals surface area contributed by atoms with Crippen LogP contribution in [0.2, 0.25) is 0 Å². The highest BCUT2D eigenvalue weighted by Gasteiger charge is 2.27. The van der Waals surface area contributed by atoms with Crippen LogP contribution >= 0.6 is 0 Å². The van der Waals surface area contributed by atoms with Gasteiger partial charge < -0.3 is 10.3 Å². The molecule has 2 heterocycles. The Balaban J connectivity index is 1.74. The van der Waals surface area contributed by atoms with E-state index in [0.717, 1.165) is 13.1 Å². The molecule has 1 aliphatic rings. The number of hydrogen-bond acceptors (Lipinski definition) is 2. The van der Waals surface area contributed by atoms with Crippen molar-refractivity contribution in [1.82, 2.24) is 9.47 Å². The lowest BCUT2D eigenvalue weighted by molar-refractivity contribution is 0.100. The van der Waals surface area contributed by atoms with Gasteiger partial charge in [-0.15, -0.1) is 0 Å². The average Bonchev–Trinajstić information content (AvgIpc) is 3.08. The fraction of sp³-hybridized carbons (Fsp3) is 0.353. The van der Waals surface area contributed by atoms with E-state index >= 15 is 0 Å². The molecular weight excluding hydrogens is 262 g/mol. The first kappa shape index (κ1) is 13.9. The van der Waals surface area contributed by atoms with Crippen LogP contribution in [0.5, 0.6) is 0 Å². The molecule has 1 saturated heterocycles. The van der Waals surface area contributed by atoms with E-state index in [9.17, 15) is 4.79 Å². The smallest absolute Gasteiger partial charge is 0.248 e. The lowest BCUT2D eigenvalue weighted by Gasteiger charge is -2.25. The molecule has 4 nitrogen and oxygen atoms in total. The SMILES string of the molecule is Cn1cccc1[C@@H]1CCCN1Cc1ccc(C(N)=O)cc1. The third-order valence-electron chi connectivity index (χ3n) is 4.31. The second-order valence-electron chi connectivity index (χ2n) is 5.73. The molecule has 1 aliphatic heterocycles. The van der Waals surface area contributed by atoms with Crippen molar-refractivity contribution in [2.75, 3.05) is 6.54 Å². The molecule has 110 valence electrons. The molecule has 3 rings (SSSR count). The van der Waals surface area contributed by atoms with Crippen LogP contribution in [0.3, 0.4) is 0 Å². The normalized spacial score (nSPS) is 19.0. The van der Waals surface area contributed by atoms with Gasteiger partial charge in [-0.2, -0.15) is 0 Å². The van der Waals surface area contributed by atoms with E-state index in [4.69, 9.17) is 5.73 Å². The van der Waals surface area contributed by atoms with Gasteiger partial charge >= 0.3 is 0 Å². The van der Waals surface area contributed by atoms with Crippen LogP contribution in [0.15, 0.2) is 42.6 Å². The van der Waals surface area contributed by atoms with Crippen LogP contribution in [-0.4, -0.2) is 21.9 Å². The second-order valence-corrected chi connectivity index (χ2v) is 5.73. The highest BCUT2D eigenvalue weighted by molar-refractivity contribution is 5.92. The quantitative estimate of drug-likeness (QED) is 0.937. The number of rotatable bonds is 4. The Morgan fingerprint density at radius 2 is 2.05 bits per heavy atom. The third-order valence-corrected chi connectivity index (χ3v) is 4.31. The number of carbonyl (C=O) groups is 1. The fourth-order valence-corrected chi connectivity index (χ4v) is 3.18. The van der Waals surface area contributed by atoms with E-state index in [1.807, 2.05) is 24.3 Å². The number of nitrogens with zero attached hydrogens (tertiary/aromatic N) is 2. The van der Waals surface area contributed by atoms with Crippen molar-refractivity contribution in [3.8, 4) is 0 Å². The maximum absolute atomic E-state index is 11.1. The second kappa shape index (κ2) is 5.74. The van der Waals surface area contributed by atoms with Gasteiger partial charge in [0.2, 0.25) is 5.91 Å². The summed E-state index contributed by atoms with van der Waals surface area (Å²) in [5.41, 5.74) is 8.45. The zero-order valence-electron chi connectivity index (χ0n) is 12.3. The van der Waals surface area contributed by atoms with Crippen molar-refractivity contribution < 1.29 is 4.79 Å². The Labute approximate surface area is 125 Å². The van der Waals surface area contributed by atoms with Crippen LogP contribution in [-0.2, 0) is 13.6 Å². The van der Waals surface area contributed by atoms with Gasteiger partial charge in [0.05, 0.1) is 6.04 Å². The molecule has 0 unspecified atom stereocenters. The van der Waals surface area contributed by atoms with E-state index < -0.39 is 0 Å². The summed E-state index contributed by atoms with van der Waals surface area (Å²) in [7, 11) is 2.10. The Morgan fingerprint density at radius 3 is 2.67 bits per heavy atom. The molecule has 1 atom stereocenters. The standard InChI is InChI=1S/C17H21N3O/c1-19-10-2-4-15(19)16-5-3-11-20(16)12-13-6-8-14(9-7-13)17(18)21/h2,4,6-10,16H,3,5,11-12H2,1H3,(H2,18,21)/t16-/m0/s1. The summed E-state index contributed by atoms with van der Waals surface area (Å²) in [5.74, 6) is -0.371. The van der Waals surface area contributed by atoms with E-state index in [1.165, 1.54) is 24.1 Å². The lowest BCUT2D eigenvalue weighted by atomic mass is 10.1. The summed E-state index contributed by atoms with van der Waals surface area (Å²) < 4.78 is 2.21. The van der Waals surface area contributed by atoms with Gasteiger partial charge in [0.15, 0.2) is 0 Å². The predicted molar refractivity (Wildman–Crippen MR) is 82.8 cm³/mol. The molecule has 1 aromatic heterocycles. The number of hydrogen-bond donors (Lipinski definition) is 1. The number of amides is 1. The zero-order valence-corrected chi connectivity index (χ0v) is 12.3. The van der Waals surface area contributed by atoms with Gasteiger partial charge in [0.1, 0.15) is 0 Å². The summed E-state index contributed by atoms with van der Waals surface area (Å²) >= 11 is 0. The molecule has 0 bridgehead atoms. The lowest BCUT2D eigenvalue weighted by Crippen LogP contribution is -2.24. The molecule has 1 fully saturated rings. The van der Waals surface area contributed by atoms with Crippen LogP contribution in [0, 0.1) is 0 Å². The summed E-state index contributed by atoms with van der Waals surface area (Å²) in [5, 5.41) is 0. The molecule has 4 heteroatoms. The van der Waals surface area contributed by atoms with Gasteiger partial charge in [0.25, 0.3) is 0 Å². The maximum Gasteiger partial charge on any atom is 0.248 e. The number of benzene rings is 1. The number of aromatic nitrogens is 1. The van der Waals surface area contributed by atoms with Crippen molar-refractivity contribution >= 4 is 5.91 Å². The molecular formula is C17H21N3O. The maximum atomic E-state index is 11.1. The van der Waals surface area contributed by atoms with E-state index in [2.05, 4.69) is 34.8 Å². The number of nitrogens with two attached hydrogens (primary N) is 1. The van der Waals surface area contributed by atoms with Crippen LogP contribution < -0.4 is 5.73 Å². The minimum Gasteiger partial charge on any atom is -0.366 e. The van der Waals surface area contributed by atoms with Crippen LogP contribution in [0.4, 0.5) is 0 Å². The Bertz CT molecular complexity index is 630. The Morgan fingerprint density at radius 1 is 1.29 bits per heavy atom. The van der Waals surface area contributed by atoms with Crippen LogP contribution in [0.1, 0.15) is 40.5 Å². The van der Waals surface area contributed by atoms with Crippen molar-refractivity contribution in [2.45, 2.75) is 25.4 Å². The van der Waals surface area contributed by atoms with Gasteiger partial charge in [-0.25, -0.2) is 0 Å². The molecule has 2 N–H and O–H groups in total. The molecule has 0 aliphatic carbocycles.